The van der Waals surface area contributed by atoms with Gasteiger partial charge in [-0.1, -0.05) is 42.5 Å². The van der Waals surface area contributed by atoms with Crippen molar-refractivity contribution in [1.82, 2.24) is 4.90 Å². The molecular formula is C22H20N2OS. The van der Waals surface area contributed by atoms with E-state index in [4.69, 9.17) is 17.0 Å². The van der Waals surface area contributed by atoms with Gasteiger partial charge in [-0.15, -0.1) is 0 Å². The fraction of sp³-hybridized carbons (Fsp3) is 0.136. The van der Waals surface area contributed by atoms with Crippen LogP contribution in [0.15, 0.2) is 78.9 Å². The summed E-state index contributed by atoms with van der Waals surface area (Å²) in [5, 5.41) is 4.10. The SMILES string of the molecule is S=C(Nc1ccc(Oc2ccccc2)cc1)N1CCc2ccccc2C1. The fourth-order valence-corrected chi connectivity index (χ4v) is 3.38. The fourth-order valence-electron chi connectivity index (χ4n) is 3.10. The van der Waals surface area contributed by atoms with Crippen molar-refractivity contribution in [3.8, 4) is 11.5 Å². The monoisotopic (exact) mass is 360 g/mol. The van der Waals surface area contributed by atoms with Crippen molar-refractivity contribution in [2.75, 3.05) is 11.9 Å². The van der Waals surface area contributed by atoms with E-state index in [-0.39, 0.29) is 0 Å². The molecule has 3 aromatic carbocycles. The Morgan fingerprint density at radius 2 is 1.46 bits per heavy atom. The van der Waals surface area contributed by atoms with Gasteiger partial charge < -0.3 is 15.0 Å². The lowest BCUT2D eigenvalue weighted by Crippen LogP contribution is -2.38. The molecule has 0 radical (unpaired) electrons. The van der Waals surface area contributed by atoms with E-state index in [0.29, 0.717) is 0 Å². The normalized spacial score (nSPS) is 13.0. The molecule has 0 atom stereocenters. The Kier molecular flexibility index (Phi) is 4.84. The van der Waals surface area contributed by atoms with Crippen LogP contribution in [-0.2, 0) is 13.0 Å². The first-order valence-electron chi connectivity index (χ1n) is 8.73. The molecular weight excluding hydrogens is 340 g/mol. The second-order valence-electron chi connectivity index (χ2n) is 6.31. The summed E-state index contributed by atoms with van der Waals surface area (Å²) in [7, 11) is 0. The van der Waals surface area contributed by atoms with Crippen LogP contribution in [0, 0.1) is 0 Å². The molecule has 4 rings (SSSR count). The number of hydrogen-bond acceptors (Lipinski definition) is 2. The molecule has 0 aliphatic carbocycles. The second kappa shape index (κ2) is 7.58. The lowest BCUT2D eigenvalue weighted by atomic mass is 10.0. The Hall–Kier alpha value is -2.85. The van der Waals surface area contributed by atoms with Gasteiger partial charge in [-0.3, -0.25) is 0 Å². The molecule has 0 aromatic heterocycles. The van der Waals surface area contributed by atoms with Gasteiger partial charge in [-0.05, 0) is 66.2 Å². The number of thiocarbonyl (C=S) groups is 1. The minimum Gasteiger partial charge on any atom is -0.457 e. The van der Waals surface area contributed by atoms with Crippen LogP contribution in [0.5, 0.6) is 11.5 Å². The van der Waals surface area contributed by atoms with Crippen LogP contribution in [0.25, 0.3) is 0 Å². The van der Waals surface area contributed by atoms with Gasteiger partial charge in [0.15, 0.2) is 5.11 Å². The zero-order valence-corrected chi connectivity index (χ0v) is 15.2. The maximum atomic E-state index is 5.82. The highest BCUT2D eigenvalue weighted by molar-refractivity contribution is 7.80. The van der Waals surface area contributed by atoms with Gasteiger partial charge in [0.25, 0.3) is 0 Å². The first-order valence-corrected chi connectivity index (χ1v) is 9.14. The average molecular weight is 360 g/mol. The predicted molar refractivity (Wildman–Crippen MR) is 110 cm³/mol. The number of para-hydroxylation sites is 1. The summed E-state index contributed by atoms with van der Waals surface area (Å²) in [6, 6.07) is 26.2. The minimum atomic E-state index is 0.760. The molecule has 0 bridgehead atoms. The van der Waals surface area contributed by atoms with Crippen molar-refractivity contribution in [1.29, 1.82) is 0 Å². The molecule has 130 valence electrons. The van der Waals surface area contributed by atoms with Crippen LogP contribution in [0.4, 0.5) is 5.69 Å². The molecule has 3 aromatic rings. The number of hydrogen-bond donors (Lipinski definition) is 1. The van der Waals surface area contributed by atoms with Gasteiger partial charge in [0.05, 0.1) is 0 Å². The van der Waals surface area contributed by atoms with Crippen molar-refractivity contribution in [3.63, 3.8) is 0 Å². The molecule has 0 saturated heterocycles. The minimum absolute atomic E-state index is 0.760. The standard InChI is InChI=1S/C22H20N2OS/c26-22(24-15-14-17-6-4-5-7-18(17)16-24)23-19-10-12-21(13-11-19)25-20-8-2-1-3-9-20/h1-13H,14-16H2,(H,23,26). The molecule has 0 unspecified atom stereocenters. The smallest absolute Gasteiger partial charge is 0.173 e. The summed E-state index contributed by atoms with van der Waals surface area (Å²) in [6.45, 7) is 1.80. The van der Waals surface area contributed by atoms with E-state index in [1.807, 2.05) is 54.6 Å². The first kappa shape index (κ1) is 16.6. The summed E-state index contributed by atoms with van der Waals surface area (Å²) in [4.78, 5) is 2.21. The lowest BCUT2D eigenvalue weighted by molar-refractivity contribution is 0.399. The molecule has 4 heteroatoms. The van der Waals surface area contributed by atoms with Crippen LogP contribution >= 0.6 is 12.2 Å². The summed E-state index contributed by atoms with van der Waals surface area (Å²) >= 11 is 5.61. The number of anilines is 1. The summed E-state index contributed by atoms with van der Waals surface area (Å²) < 4.78 is 5.82. The van der Waals surface area contributed by atoms with E-state index in [1.165, 1.54) is 11.1 Å². The van der Waals surface area contributed by atoms with Gasteiger partial charge in [-0.2, -0.15) is 0 Å². The summed E-state index contributed by atoms with van der Waals surface area (Å²) in [5.41, 5.74) is 3.75. The third kappa shape index (κ3) is 3.86. The molecule has 0 fully saturated rings. The zero-order chi connectivity index (χ0) is 17.8. The largest absolute Gasteiger partial charge is 0.457 e. The highest BCUT2D eigenvalue weighted by atomic mass is 32.1. The van der Waals surface area contributed by atoms with E-state index in [1.54, 1.807) is 0 Å². The molecule has 0 saturated carbocycles. The van der Waals surface area contributed by atoms with Crippen LogP contribution < -0.4 is 10.1 Å². The van der Waals surface area contributed by atoms with Crippen LogP contribution in [-0.4, -0.2) is 16.6 Å². The van der Waals surface area contributed by atoms with Gasteiger partial charge in [0.1, 0.15) is 11.5 Å². The predicted octanol–water partition coefficient (Wildman–Crippen LogP) is 5.23. The summed E-state index contributed by atoms with van der Waals surface area (Å²) in [5.74, 6) is 1.63. The van der Waals surface area contributed by atoms with Crippen LogP contribution in [0.1, 0.15) is 11.1 Å². The summed E-state index contributed by atoms with van der Waals surface area (Å²) in [6.07, 6.45) is 1.03. The zero-order valence-electron chi connectivity index (χ0n) is 14.4. The van der Waals surface area contributed by atoms with E-state index >= 15 is 0 Å². The molecule has 1 aliphatic rings. The molecule has 0 amide bonds. The van der Waals surface area contributed by atoms with Crippen LogP contribution in [0.2, 0.25) is 0 Å². The maximum absolute atomic E-state index is 5.82. The number of fused-ring (bicyclic) bond motifs is 1. The Bertz CT molecular complexity index is 894. The lowest BCUT2D eigenvalue weighted by Gasteiger charge is -2.31. The van der Waals surface area contributed by atoms with E-state index in [0.717, 1.165) is 41.8 Å². The Morgan fingerprint density at radius 3 is 2.23 bits per heavy atom. The van der Waals surface area contributed by atoms with Gasteiger partial charge in [0.2, 0.25) is 0 Å². The van der Waals surface area contributed by atoms with E-state index in [9.17, 15) is 0 Å². The highest BCUT2D eigenvalue weighted by Crippen LogP contribution is 2.23. The molecule has 3 nitrogen and oxygen atoms in total. The first-order chi connectivity index (χ1) is 12.8. The quantitative estimate of drug-likeness (QED) is 0.646. The molecule has 1 heterocycles. The Balaban J connectivity index is 1.37. The molecule has 1 N–H and O–H groups in total. The van der Waals surface area contributed by atoms with Crippen molar-refractivity contribution in [2.24, 2.45) is 0 Å². The maximum Gasteiger partial charge on any atom is 0.173 e. The molecule has 0 spiro atoms. The van der Waals surface area contributed by atoms with Crippen molar-refractivity contribution in [3.05, 3.63) is 90.0 Å². The highest BCUT2D eigenvalue weighted by Gasteiger charge is 2.17. The van der Waals surface area contributed by atoms with Gasteiger partial charge in [-0.25, -0.2) is 0 Å². The number of nitrogens with one attached hydrogen (secondary N) is 1. The van der Waals surface area contributed by atoms with Crippen molar-refractivity contribution in [2.45, 2.75) is 13.0 Å². The second-order valence-corrected chi connectivity index (χ2v) is 6.70. The number of ether oxygens (including phenoxy) is 1. The van der Waals surface area contributed by atoms with Crippen molar-refractivity contribution < 1.29 is 4.74 Å². The number of rotatable bonds is 3. The average Bonchev–Trinajstić information content (AvgIpc) is 2.70. The Morgan fingerprint density at radius 1 is 0.808 bits per heavy atom. The van der Waals surface area contributed by atoms with Crippen molar-refractivity contribution >= 4 is 23.0 Å². The topological polar surface area (TPSA) is 24.5 Å². The third-order valence-electron chi connectivity index (χ3n) is 4.50. The number of nitrogens with zero attached hydrogens (tertiary/aromatic N) is 1. The van der Waals surface area contributed by atoms with E-state index < -0.39 is 0 Å². The molecule has 1 aliphatic heterocycles. The van der Waals surface area contributed by atoms with Crippen LogP contribution in [0.3, 0.4) is 0 Å². The third-order valence-corrected chi connectivity index (χ3v) is 4.86. The Labute approximate surface area is 159 Å². The number of benzene rings is 3. The van der Waals surface area contributed by atoms with Gasteiger partial charge >= 0.3 is 0 Å². The van der Waals surface area contributed by atoms with E-state index in [2.05, 4.69) is 34.5 Å². The molecule has 26 heavy (non-hydrogen) atoms. The van der Waals surface area contributed by atoms with Gasteiger partial charge in [0, 0.05) is 18.8 Å².